The number of ketones is 1. The van der Waals surface area contributed by atoms with Gasteiger partial charge in [-0.1, -0.05) is 27.4 Å². The molecule has 0 aliphatic heterocycles. The number of carbonyl (C=O) groups is 1. The van der Waals surface area contributed by atoms with Crippen molar-refractivity contribution in [3.63, 3.8) is 0 Å². The minimum atomic E-state index is -0.0163. The third kappa shape index (κ3) is 3.93. The Labute approximate surface area is 106 Å². The number of nitrogens with zero attached hydrogens (tertiary/aromatic N) is 1. The Morgan fingerprint density at radius 1 is 1.24 bits per heavy atom. The molecule has 0 spiro atoms. The zero-order chi connectivity index (χ0) is 13.5. The van der Waals surface area contributed by atoms with Crippen LogP contribution in [0.5, 0.6) is 0 Å². The number of carbonyl (C=O) groups excluding carboxylic acids is 1. The number of rotatable bonds is 9. The van der Waals surface area contributed by atoms with E-state index in [2.05, 4.69) is 27.4 Å². The van der Waals surface area contributed by atoms with Crippen LogP contribution in [0.4, 0.5) is 0 Å². The van der Waals surface area contributed by atoms with Gasteiger partial charge in [-0.15, -0.1) is 0 Å². The fourth-order valence-corrected chi connectivity index (χ4v) is 2.73. The first kappa shape index (κ1) is 16.3. The molecule has 0 aromatic heterocycles. The highest BCUT2D eigenvalue weighted by Crippen LogP contribution is 2.20. The molecule has 0 amide bonds. The lowest BCUT2D eigenvalue weighted by molar-refractivity contribution is -0.942. The summed E-state index contributed by atoms with van der Waals surface area (Å²) in [4.78, 5) is 12.3. The van der Waals surface area contributed by atoms with Crippen LogP contribution < -0.4 is 5.73 Å². The van der Waals surface area contributed by atoms with Crippen molar-refractivity contribution in [1.29, 1.82) is 0 Å². The molecular formula is C14H29N2O+. The molecule has 1 unspecified atom stereocenters. The van der Waals surface area contributed by atoms with E-state index in [1.807, 2.05) is 0 Å². The van der Waals surface area contributed by atoms with Crippen molar-refractivity contribution in [1.82, 2.24) is 0 Å². The highest BCUT2D eigenvalue weighted by Gasteiger charge is 2.38. The minimum Gasteiger partial charge on any atom is -0.303 e. The fraction of sp³-hybridized carbons (Fsp3) is 0.786. The maximum Gasteiger partial charge on any atom is 0.215 e. The first-order chi connectivity index (χ1) is 7.98. The zero-order valence-corrected chi connectivity index (χ0v) is 12.0. The third-order valence-electron chi connectivity index (χ3n) is 3.47. The summed E-state index contributed by atoms with van der Waals surface area (Å²) in [7, 11) is 0. The van der Waals surface area contributed by atoms with E-state index in [4.69, 9.17) is 5.73 Å². The maximum atomic E-state index is 12.3. The van der Waals surface area contributed by atoms with Crippen LogP contribution in [0.25, 0.3) is 0 Å². The lowest BCUT2D eigenvalue weighted by Crippen LogP contribution is -2.61. The summed E-state index contributed by atoms with van der Waals surface area (Å²) in [6.45, 7) is 14.4. The third-order valence-corrected chi connectivity index (χ3v) is 3.47. The van der Waals surface area contributed by atoms with Crippen LogP contribution in [0.15, 0.2) is 12.2 Å². The van der Waals surface area contributed by atoms with Crippen LogP contribution in [0.1, 0.15) is 47.0 Å². The van der Waals surface area contributed by atoms with E-state index in [9.17, 15) is 4.79 Å². The van der Waals surface area contributed by atoms with Gasteiger partial charge in [-0.3, -0.25) is 10.5 Å². The molecule has 0 aliphatic carbocycles. The Bertz CT molecular complexity index is 255. The van der Waals surface area contributed by atoms with Gasteiger partial charge in [0.15, 0.2) is 6.04 Å². The molecule has 17 heavy (non-hydrogen) atoms. The molecular weight excluding hydrogens is 212 g/mol. The molecule has 0 aromatic carbocycles. The fourth-order valence-electron chi connectivity index (χ4n) is 2.73. The van der Waals surface area contributed by atoms with E-state index >= 15 is 0 Å². The summed E-state index contributed by atoms with van der Waals surface area (Å²) in [5.41, 5.74) is 6.64. The van der Waals surface area contributed by atoms with Crippen LogP contribution >= 0.6 is 0 Å². The first-order valence-electron chi connectivity index (χ1n) is 6.74. The number of Topliss-reactive ketones (excluding diaryl/α,β-unsaturated/α-hetero) is 1. The molecule has 100 valence electrons. The molecule has 0 heterocycles. The molecule has 3 nitrogen and oxygen atoms in total. The summed E-state index contributed by atoms with van der Waals surface area (Å²) in [5.74, 6) is 0.180. The predicted octanol–water partition coefficient (Wildman–Crippen LogP) is 2.46. The van der Waals surface area contributed by atoms with Crippen LogP contribution in [0.3, 0.4) is 0 Å². The van der Waals surface area contributed by atoms with Crippen molar-refractivity contribution in [2.24, 2.45) is 5.73 Å². The Morgan fingerprint density at radius 3 is 1.94 bits per heavy atom. The summed E-state index contributed by atoms with van der Waals surface area (Å²) in [5, 5.41) is 0. The Kier molecular flexibility index (Phi) is 7.32. The van der Waals surface area contributed by atoms with Gasteiger partial charge >= 0.3 is 0 Å². The van der Waals surface area contributed by atoms with Gasteiger partial charge in [0.05, 0.1) is 13.1 Å². The summed E-state index contributed by atoms with van der Waals surface area (Å²) in [6.07, 6.45) is 2.94. The number of hydrogen-bond acceptors (Lipinski definition) is 2. The van der Waals surface area contributed by atoms with E-state index < -0.39 is 0 Å². The highest BCUT2D eigenvalue weighted by molar-refractivity contribution is 5.97. The Balaban J connectivity index is 5.20. The molecule has 0 bridgehead atoms. The largest absolute Gasteiger partial charge is 0.303 e. The van der Waals surface area contributed by atoms with Crippen LogP contribution in [0, 0.1) is 0 Å². The average Bonchev–Trinajstić information content (AvgIpc) is 2.29. The predicted molar refractivity (Wildman–Crippen MR) is 73.5 cm³/mol. The van der Waals surface area contributed by atoms with Crippen molar-refractivity contribution in [2.45, 2.75) is 53.0 Å². The molecule has 0 fully saturated rings. The second-order valence-corrected chi connectivity index (χ2v) is 4.92. The SMILES string of the molecule is C=C(C)C(=O)C(CC)[N+](CN)(CCC)CCC. The van der Waals surface area contributed by atoms with Gasteiger partial charge in [0.1, 0.15) is 6.67 Å². The molecule has 3 heteroatoms. The molecule has 0 saturated carbocycles. The minimum absolute atomic E-state index is 0.0163. The van der Waals surface area contributed by atoms with Crippen molar-refractivity contribution >= 4 is 5.78 Å². The molecule has 0 aromatic rings. The van der Waals surface area contributed by atoms with Gasteiger partial charge in [-0.05, 0) is 25.3 Å². The summed E-state index contributed by atoms with van der Waals surface area (Å²) in [6, 6.07) is -0.0163. The Hall–Kier alpha value is -0.670. The van der Waals surface area contributed by atoms with Gasteiger partial charge in [-0.25, -0.2) is 0 Å². The van der Waals surface area contributed by atoms with E-state index in [0.717, 1.165) is 36.8 Å². The van der Waals surface area contributed by atoms with Gasteiger partial charge in [0.25, 0.3) is 0 Å². The molecule has 0 radical (unpaired) electrons. The zero-order valence-electron chi connectivity index (χ0n) is 12.0. The quantitative estimate of drug-likeness (QED) is 0.383. The van der Waals surface area contributed by atoms with Gasteiger partial charge in [0.2, 0.25) is 5.78 Å². The topological polar surface area (TPSA) is 43.1 Å². The second kappa shape index (κ2) is 7.62. The van der Waals surface area contributed by atoms with Crippen molar-refractivity contribution in [3.05, 3.63) is 12.2 Å². The van der Waals surface area contributed by atoms with Crippen LogP contribution in [-0.2, 0) is 4.79 Å². The van der Waals surface area contributed by atoms with E-state index in [0.29, 0.717) is 12.2 Å². The van der Waals surface area contributed by atoms with Crippen LogP contribution in [-0.4, -0.2) is 36.1 Å². The normalized spacial score (nSPS) is 13.5. The first-order valence-corrected chi connectivity index (χ1v) is 6.74. The van der Waals surface area contributed by atoms with Crippen molar-refractivity contribution < 1.29 is 9.28 Å². The van der Waals surface area contributed by atoms with Crippen molar-refractivity contribution in [2.75, 3.05) is 19.8 Å². The van der Waals surface area contributed by atoms with Gasteiger partial charge in [0, 0.05) is 6.42 Å². The summed E-state index contributed by atoms with van der Waals surface area (Å²) >= 11 is 0. The second-order valence-electron chi connectivity index (χ2n) is 4.92. The monoisotopic (exact) mass is 241 g/mol. The van der Waals surface area contributed by atoms with Crippen LogP contribution in [0.2, 0.25) is 0 Å². The number of quaternary nitrogens is 1. The lowest BCUT2D eigenvalue weighted by Gasteiger charge is -2.43. The van der Waals surface area contributed by atoms with E-state index in [1.165, 1.54) is 0 Å². The number of nitrogens with two attached hydrogens (primary N) is 1. The standard InChI is InChI=1S/C14H29N2O/c1-6-9-16(11-15,10-7-2)13(8-3)14(17)12(4)5/h13H,4,6-11,15H2,1-3,5H3/q+1. The Morgan fingerprint density at radius 2 is 1.71 bits per heavy atom. The highest BCUT2D eigenvalue weighted by atomic mass is 16.1. The summed E-state index contributed by atoms with van der Waals surface area (Å²) < 4.78 is 0.717. The van der Waals surface area contributed by atoms with Gasteiger partial charge < -0.3 is 4.48 Å². The molecule has 0 aliphatic rings. The van der Waals surface area contributed by atoms with Crippen molar-refractivity contribution in [3.8, 4) is 0 Å². The maximum absolute atomic E-state index is 12.3. The smallest absolute Gasteiger partial charge is 0.215 e. The van der Waals surface area contributed by atoms with Gasteiger partial charge in [-0.2, -0.15) is 0 Å². The molecule has 0 rings (SSSR count). The number of hydrogen-bond donors (Lipinski definition) is 1. The molecule has 0 saturated heterocycles. The van der Waals surface area contributed by atoms with E-state index in [-0.39, 0.29) is 11.8 Å². The molecule has 1 atom stereocenters. The van der Waals surface area contributed by atoms with E-state index in [1.54, 1.807) is 6.92 Å². The lowest BCUT2D eigenvalue weighted by atomic mass is 9.99. The molecule has 2 N–H and O–H groups in total. The average molecular weight is 241 g/mol.